The molecule has 1 N–H and O–H groups in total. The van der Waals surface area contributed by atoms with Crippen molar-refractivity contribution in [1.82, 2.24) is 10.3 Å². The highest BCUT2D eigenvalue weighted by atomic mass is 32.1. The molecular formula is C16H21N3S. The molecule has 0 saturated heterocycles. The first-order chi connectivity index (χ1) is 9.63. The summed E-state index contributed by atoms with van der Waals surface area (Å²) >= 11 is 1.71. The van der Waals surface area contributed by atoms with Crippen LogP contribution in [0.3, 0.4) is 0 Å². The van der Waals surface area contributed by atoms with Crippen molar-refractivity contribution in [2.75, 3.05) is 11.9 Å². The van der Waals surface area contributed by atoms with Crippen molar-refractivity contribution >= 4 is 22.2 Å². The number of hydrogen-bond donors (Lipinski definition) is 1. The van der Waals surface area contributed by atoms with Crippen LogP contribution in [0.1, 0.15) is 29.7 Å². The Bertz CT molecular complexity index is 602. The summed E-state index contributed by atoms with van der Waals surface area (Å²) in [7, 11) is 2.09. The Hall–Kier alpha value is -1.39. The summed E-state index contributed by atoms with van der Waals surface area (Å²) in [4.78, 5) is 6.91. The maximum atomic E-state index is 4.73. The van der Waals surface area contributed by atoms with E-state index in [9.17, 15) is 0 Å². The summed E-state index contributed by atoms with van der Waals surface area (Å²) in [6, 6.07) is 7.28. The lowest BCUT2D eigenvalue weighted by atomic mass is 10.1. The van der Waals surface area contributed by atoms with Gasteiger partial charge in [-0.2, -0.15) is 0 Å². The van der Waals surface area contributed by atoms with Crippen LogP contribution in [0.5, 0.6) is 0 Å². The molecule has 1 aromatic heterocycles. The maximum Gasteiger partial charge on any atom is 0.189 e. The summed E-state index contributed by atoms with van der Waals surface area (Å²) in [6.45, 7) is 5.17. The Morgan fingerprint density at radius 1 is 1.35 bits per heavy atom. The highest BCUT2D eigenvalue weighted by Gasteiger charge is 2.20. The molecule has 0 unspecified atom stereocenters. The first-order valence-corrected chi connectivity index (χ1v) is 8.00. The van der Waals surface area contributed by atoms with Crippen molar-refractivity contribution in [2.45, 2.75) is 39.3 Å². The highest BCUT2D eigenvalue weighted by molar-refractivity contribution is 7.13. The minimum Gasteiger partial charge on any atom is -0.321 e. The summed E-state index contributed by atoms with van der Waals surface area (Å²) < 4.78 is 0. The number of nitrogens with one attached hydrogen (secondary N) is 1. The molecule has 3 rings (SSSR count). The van der Waals surface area contributed by atoms with Gasteiger partial charge in [0.25, 0.3) is 0 Å². The predicted molar refractivity (Wildman–Crippen MR) is 86.0 cm³/mol. The number of anilines is 2. The van der Waals surface area contributed by atoms with Gasteiger partial charge in [0.2, 0.25) is 0 Å². The van der Waals surface area contributed by atoms with E-state index in [1.54, 1.807) is 11.3 Å². The van der Waals surface area contributed by atoms with E-state index in [0.717, 1.165) is 23.4 Å². The predicted octanol–water partition coefficient (Wildman–Crippen LogP) is 3.78. The highest BCUT2D eigenvalue weighted by Crippen LogP contribution is 2.30. The zero-order valence-electron chi connectivity index (χ0n) is 12.3. The van der Waals surface area contributed by atoms with Gasteiger partial charge in [0.15, 0.2) is 5.13 Å². The standard InChI is InChI=1S/C16H21N3S/c1-11-4-7-15(12(2)8-11)19(3)16-18-14(10-20-16)9-17-13-5-6-13/h4,7-8,10,13,17H,5-6,9H2,1-3H3. The molecule has 0 spiro atoms. The molecule has 2 aromatic rings. The van der Waals surface area contributed by atoms with E-state index >= 15 is 0 Å². The number of rotatable bonds is 5. The molecule has 0 atom stereocenters. The van der Waals surface area contributed by atoms with Crippen molar-refractivity contribution in [3.05, 3.63) is 40.4 Å². The molecule has 0 radical (unpaired) electrons. The van der Waals surface area contributed by atoms with E-state index in [4.69, 9.17) is 4.98 Å². The number of nitrogens with zero attached hydrogens (tertiary/aromatic N) is 2. The number of aromatic nitrogens is 1. The number of thiazole rings is 1. The second kappa shape index (κ2) is 5.54. The molecule has 106 valence electrons. The first-order valence-electron chi connectivity index (χ1n) is 7.12. The zero-order chi connectivity index (χ0) is 14.1. The zero-order valence-corrected chi connectivity index (χ0v) is 13.1. The minimum absolute atomic E-state index is 0.734. The molecule has 1 aromatic carbocycles. The van der Waals surface area contributed by atoms with E-state index in [1.807, 2.05) is 0 Å². The molecule has 0 bridgehead atoms. The van der Waals surface area contributed by atoms with Gasteiger partial charge in [-0.3, -0.25) is 0 Å². The largest absolute Gasteiger partial charge is 0.321 e. The normalized spacial score (nSPS) is 14.6. The SMILES string of the molecule is Cc1ccc(N(C)c2nc(CNC3CC3)cs2)c(C)c1. The molecule has 0 amide bonds. The summed E-state index contributed by atoms with van der Waals surface area (Å²) in [5, 5.41) is 6.73. The Morgan fingerprint density at radius 3 is 2.85 bits per heavy atom. The third kappa shape index (κ3) is 3.02. The van der Waals surface area contributed by atoms with Crippen molar-refractivity contribution in [2.24, 2.45) is 0 Å². The van der Waals surface area contributed by atoms with Crippen molar-refractivity contribution in [3.8, 4) is 0 Å². The lowest BCUT2D eigenvalue weighted by Crippen LogP contribution is -2.16. The van der Waals surface area contributed by atoms with Crippen LogP contribution in [-0.4, -0.2) is 18.1 Å². The molecule has 20 heavy (non-hydrogen) atoms. The van der Waals surface area contributed by atoms with Crippen molar-refractivity contribution < 1.29 is 0 Å². The van der Waals surface area contributed by atoms with Gasteiger partial charge in [-0.05, 0) is 38.3 Å². The molecule has 1 saturated carbocycles. The third-order valence-corrected chi connectivity index (χ3v) is 4.66. The average molecular weight is 287 g/mol. The molecular weight excluding hydrogens is 266 g/mol. The molecule has 1 aliphatic carbocycles. The molecule has 1 aliphatic rings. The number of aryl methyl sites for hydroxylation is 2. The van der Waals surface area contributed by atoms with Gasteiger partial charge < -0.3 is 10.2 Å². The van der Waals surface area contributed by atoms with E-state index in [-0.39, 0.29) is 0 Å². The van der Waals surface area contributed by atoms with Crippen LogP contribution in [0.2, 0.25) is 0 Å². The lowest BCUT2D eigenvalue weighted by Gasteiger charge is -2.18. The second-order valence-electron chi connectivity index (χ2n) is 5.63. The number of benzene rings is 1. The quantitative estimate of drug-likeness (QED) is 0.907. The topological polar surface area (TPSA) is 28.2 Å². The van der Waals surface area contributed by atoms with Gasteiger partial charge in [-0.25, -0.2) is 4.98 Å². The summed E-state index contributed by atoms with van der Waals surface area (Å²) in [6.07, 6.45) is 2.64. The Kier molecular flexibility index (Phi) is 3.76. The van der Waals surface area contributed by atoms with E-state index in [1.165, 1.54) is 29.7 Å². The number of hydrogen-bond acceptors (Lipinski definition) is 4. The van der Waals surface area contributed by atoms with E-state index < -0.39 is 0 Å². The van der Waals surface area contributed by atoms with E-state index in [2.05, 4.69) is 54.7 Å². The fraction of sp³-hybridized carbons (Fsp3) is 0.438. The third-order valence-electron chi connectivity index (χ3n) is 3.69. The van der Waals surface area contributed by atoms with Gasteiger partial charge in [0, 0.05) is 30.7 Å². The van der Waals surface area contributed by atoms with Gasteiger partial charge in [0.1, 0.15) is 0 Å². The van der Waals surface area contributed by atoms with Crippen LogP contribution in [0.4, 0.5) is 10.8 Å². The van der Waals surface area contributed by atoms with Crippen LogP contribution in [-0.2, 0) is 6.54 Å². The average Bonchev–Trinajstić information content (AvgIpc) is 3.13. The molecule has 4 heteroatoms. The molecule has 1 heterocycles. The Labute approximate surface area is 124 Å². The van der Waals surface area contributed by atoms with Crippen molar-refractivity contribution in [3.63, 3.8) is 0 Å². The van der Waals surface area contributed by atoms with E-state index in [0.29, 0.717) is 0 Å². The minimum atomic E-state index is 0.734. The smallest absolute Gasteiger partial charge is 0.189 e. The van der Waals surface area contributed by atoms with Gasteiger partial charge in [-0.1, -0.05) is 17.7 Å². The Morgan fingerprint density at radius 2 is 2.15 bits per heavy atom. The fourth-order valence-electron chi connectivity index (χ4n) is 2.35. The van der Waals surface area contributed by atoms with Crippen LogP contribution < -0.4 is 10.2 Å². The molecule has 1 fully saturated rings. The maximum absolute atomic E-state index is 4.73. The Balaban J connectivity index is 1.73. The van der Waals surface area contributed by atoms with Crippen molar-refractivity contribution in [1.29, 1.82) is 0 Å². The molecule has 0 aliphatic heterocycles. The molecule has 3 nitrogen and oxygen atoms in total. The lowest BCUT2D eigenvalue weighted by molar-refractivity contribution is 0.677. The van der Waals surface area contributed by atoms with Crippen LogP contribution in [0.25, 0.3) is 0 Å². The van der Waals surface area contributed by atoms with Gasteiger partial charge in [0.05, 0.1) is 5.69 Å². The van der Waals surface area contributed by atoms with Gasteiger partial charge in [-0.15, -0.1) is 11.3 Å². The second-order valence-corrected chi connectivity index (χ2v) is 6.46. The first kappa shape index (κ1) is 13.6. The summed E-state index contributed by atoms with van der Waals surface area (Å²) in [5.74, 6) is 0. The van der Waals surface area contributed by atoms with Gasteiger partial charge >= 0.3 is 0 Å². The van der Waals surface area contributed by atoms with Crippen LogP contribution in [0, 0.1) is 13.8 Å². The van der Waals surface area contributed by atoms with Crippen LogP contribution >= 0.6 is 11.3 Å². The monoisotopic (exact) mass is 287 g/mol. The fourth-order valence-corrected chi connectivity index (χ4v) is 3.16. The van der Waals surface area contributed by atoms with Crippen LogP contribution in [0.15, 0.2) is 23.6 Å². The summed E-state index contributed by atoms with van der Waals surface area (Å²) in [5.41, 5.74) is 4.97.